The Balaban J connectivity index is 1.21. The van der Waals surface area contributed by atoms with Crippen LogP contribution in [0.25, 0.3) is 0 Å². The van der Waals surface area contributed by atoms with E-state index in [1.165, 1.54) is 25.7 Å². The minimum atomic E-state index is -1.05. The van der Waals surface area contributed by atoms with Gasteiger partial charge in [0.1, 0.15) is 5.54 Å². The molecule has 2 heterocycles. The lowest BCUT2D eigenvalue weighted by Crippen LogP contribution is -2.60. The summed E-state index contributed by atoms with van der Waals surface area (Å²) in [6.45, 7) is 16.4. The van der Waals surface area contributed by atoms with Gasteiger partial charge in [0, 0.05) is 42.7 Å². The molecule has 5 N–H and O–H groups in total. The van der Waals surface area contributed by atoms with Gasteiger partial charge in [0.15, 0.2) is 0 Å². The molecule has 46 heavy (non-hydrogen) atoms. The second-order valence-corrected chi connectivity index (χ2v) is 17.1. The molecule has 5 aliphatic rings. The summed E-state index contributed by atoms with van der Waals surface area (Å²) >= 11 is 0. The first kappa shape index (κ1) is 35.6. The molecule has 1 amide bonds. The summed E-state index contributed by atoms with van der Waals surface area (Å²) in [6, 6.07) is 10.3. The Kier molecular flexibility index (Phi) is 10.3. The molecule has 1 aromatic rings. The molecular weight excluding hydrogens is 578 g/mol. The van der Waals surface area contributed by atoms with Crippen LogP contribution in [0.4, 0.5) is 5.69 Å². The lowest BCUT2D eigenvalue weighted by molar-refractivity contribution is -0.136. The largest absolute Gasteiger partial charge is 0.396 e. The molecule has 1 spiro atoms. The summed E-state index contributed by atoms with van der Waals surface area (Å²) in [5, 5.41) is 32.1. The zero-order valence-electron chi connectivity index (χ0n) is 29.7. The fraction of sp³-hybridized carbons (Fsp3) is 0.811. The molecule has 2 bridgehead atoms. The number of para-hydroxylation sites is 1. The minimum absolute atomic E-state index is 0.188. The summed E-state index contributed by atoms with van der Waals surface area (Å²) in [7, 11) is 1.86. The van der Waals surface area contributed by atoms with Gasteiger partial charge < -0.3 is 35.8 Å². The van der Waals surface area contributed by atoms with E-state index >= 15 is 0 Å². The molecular formula is C37H63N5O4. The number of carbonyl (C=O) groups excluding carboxylic acids is 1. The van der Waals surface area contributed by atoms with Crippen LogP contribution < -0.4 is 10.6 Å². The summed E-state index contributed by atoms with van der Waals surface area (Å²) in [5.41, 5.74) is 5.86. The monoisotopic (exact) mass is 641 g/mol. The summed E-state index contributed by atoms with van der Waals surface area (Å²) in [5.74, 6) is 2.86. The molecule has 3 saturated carbocycles. The molecule has 2 saturated heterocycles. The van der Waals surface area contributed by atoms with E-state index in [4.69, 9.17) is 5.73 Å². The minimum Gasteiger partial charge on any atom is -0.396 e. The molecule has 6 unspecified atom stereocenters. The molecule has 0 radical (unpaired) electrons. The second-order valence-electron chi connectivity index (χ2n) is 17.1. The van der Waals surface area contributed by atoms with Gasteiger partial charge in [-0.05, 0) is 87.4 Å². The van der Waals surface area contributed by atoms with Crippen molar-refractivity contribution in [3.63, 3.8) is 0 Å². The van der Waals surface area contributed by atoms with Gasteiger partial charge in [-0.25, -0.2) is 0 Å². The number of anilines is 1. The molecule has 0 aromatic heterocycles. The number of piperidine rings is 1. The van der Waals surface area contributed by atoms with Crippen LogP contribution in [0.2, 0.25) is 0 Å². The van der Waals surface area contributed by atoms with Crippen LogP contribution in [0.3, 0.4) is 0 Å². The van der Waals surface area contributed by atoms with Crippen molar-refractivity contribution in [3.05, 3.63) is 30.3 Å². The Labute approximate surface area is 278 Å². The van der Waals surface area contributed by atoms with Crippen molar-refractivity contribution >= 4 is 11.6 Å². The molecule has 3 aliphatic carbocycles. The van der Waals surface area contributed by atoms with E-state index in [1.807, 2.05) is 35.0 Å². The Hall–Kier alpha value is -1.75. The van der Waals surface area contributed by atoms with Crippen LogP contribution in [0, 0.1) is 34.0 Å². The number of nitrogens with two attached hydrogens (primary N) is 1. The Bertz CT molecular complexity index is 1180. The number of hydrogen-bond acceptors (Lipinski definition) is 8. The Morgan fingerprint density at radius 2 is 1.70 bits per heavy atom. The van der Waals surface area contributed by atoms with Gasteiger partial charge in [0.2, 0.25) is 5.91 Å². The molecule has 6 atom stereocenters. The van der Waals surface area contributed by atoms with Crippen molar-refractivity contribution in [2.24, 2.45) is 39.7 Å². The van der Waals surface area contributed by atoms with Gasteiger partial charge in [-0.15, -0.1) is 0 Å². The number of aliphatic hydroxyl groups is 3. The Morgan fingerprint density at radius 1 is 1.04 bits per heavy atom. The van der Waals surface area contributed by atoms with E-state index in [1.54, 1.807) is 27.7 Å². The lowest BCUT2D eigenvalue weighted by atomic mass is 9.45. The topological polar surface area (TPSA) is 117 Å². The Morgan fingerprint density at radius 3 is 2.28 bits per heavy atom. The molecule has 2 aliphatic heterocycles. The highest BCUT2D eigenvalue weighted by Crippen LogP contribution is 2.62. The van der Waals surface area contributed by atoms with E-state index in [2.05, 4.69) is 35.8 Å². The number of likely N-dealkylation sites (tertiary alicyclic amines) is 1. The van der Waals surface area contributed by atoms with E-state index in [-0.39, 0.29) is 12.5 Å². The average Bonchev–Trinajstić information content (AvgIpc) is 3.32. The van der Waals surface area contributed by atoms with Crippen LogP contribution in [-0.2, 0) is 4.79 Å². The highest BCUT2D eigenvalue weighted by Gasteiger charge is 2.55. The third-order valence-corrected chi connectivity index (χ3v) is 13.3. The number of fused-ring (bicyclic) bond motifs is 2. The lowest BCUT2D eigenvalue weighted by Gasteiger charge is -2.60. The van der Waals surface area contributed by atoms with Crippen molar-refractivity contribution in [2.75, 3.05) is 57.9 Å². The van der Waals surface area contributed by atoms with E-state index in [9.17, 15) is 20.1 Å². The maximum absolute atomic E-state index is 14.3. The third-order valence-electron chi connectivity index (χ3n) is 13.3. The smallest absolute Gasteiger partial charge is 0.250 e. The number of hydrogen-bond donors (Lipinski definition) is 4. The first-order valence-electron chi connectivity index (χ1n) is 17.8. The molecule has 9 heteroatoms. The highest BCUT2D eigenvalue weighted by molar-refractivity contribution is 5.93. The SMILES string of the molecule is CN(CCN1CN(c2ccccc2)C2(CCN(CCC3CCC4CC3C4(C)C)CC2)C1=O)C(N)C(O)C(C)(C)C(O)C(C)(C)CO. The molecule has 6 rings (SSSR count). The average molecular weight is 642 g/mol. The van der Waals surface area contributed by atoms with Gasteiger partial charge in [-0.3, -0.25) is 9.69 Å². The van der Waals surface area contributed by atoms with Gasteiger partial charge in [0.05, 0.1) is 31.6 Å². The van der Waals surface area contributed by atoms with Crippen LogP contribution in [0.15, 0.2) is 30.3 Å². The maximum atomic E-state index is 14.3. The van der Waals surface area contributed by atoms with Crippen molar-refractivity contribution in [1.82, 2.24) is 14.7 Å². The van der Waals surface area contributed by atoms with E-state index in [0.717, 1.165) is 55.9 Å². The number of carbonyl (C=O) groups is 1. The van der Waals surface area contributed by atoms with Crippen LogP contribution in [-0.4, -0.2) is 113 Å². The first-order chi connectivity index (χ1) is 21.6. The van der Waals surface area contributed by atoms with Gasteiger partial charge in [-0.1, -0.05) is 59.7 Å². The molecule has 5 fully saturated rings. The summed E-state index contributed by atoms with van der Waals surface area (Å²) in [4.78, 5) is 23.1. The van der Waals surface area contributed by atoms with Crippen molar-refractivity contribution in [3.8, 4) is 0 Å². The van der Waals surface area contributed by atoms with Gasteiger partial charge in [-0.2, -0.15) is 0 Å². The molecule has 9 nitrogen and oxygen atoms in total. The number of amides is 1. The van der Waals surface area contributed by atoms with Crippen molar-refractivity contribution < 1.29 is 20.1 Å². The predicted octanol–water partition coefficient (Wildman–Crippen LogP) is 3.57. The van der Waals surface area contributed by atoms with E-state index in [0.29, 0.717) is 25.2 Å². The van der Waals surface area contributed by atoms with Crippen molar-refractivity contribution in [1.29, 1.82) is 0 Å². The van der Waals surface area contributed by atoms with Gasteiger partial charge >= 0.3 is 0 Å². The van der Waals surface area contributed by atoms with Crippen LogP contribution in [0.1, 0.15) is 80.1 Å². The number of aliphatic hydroxyl groups excluding tert-OH is 3. The first-order valence-corrected chi connectivity index (χ1v) is 17.8. The number of benzene rings is 1. The van der Waals surface area contributed by atoms with Crippen molar-refractivity contribution in [2.45, 2.75) is 104 Å². The number of nitrogens with zero attached hydrogens (tertiary/aromatic N) is 4. The van der Waals surface area contributed by atoms with Crippen LogP contribution in [0.5, 0.6) is 0 Å². The second kappa shape index (κ2) is 13.3. The standard InChI is InChI=1S/C37H63N5O4/c1-34(2,24-43)32(45)36(5,6)30(44)31(38)39(7)21-22-41-25-42(28-11-9-8-10-12-28)37(33(41)46)16-19-40(20-17-37)18-15-26-13-14-27-23-29(26)35(27,3)4/h8-12,26-27,29-32,43-45H,13-25,38H2,1-7H3. The fourth-order valence-corrected chi connectivity index (χ4v) is 9.54. The third kappa shape index (κ3) is 6.37. The number of rotatable bonds is 13. The zero-order chi connectivity index (χ0) is 33.7. The fourth-order valence-electron chi connectivity index (χ4n) is 9.54. The van der Waals surface area contributed by atoms with Gasteiger partial charge in [0.25, 0.3) is 0 Å². The normalized spacial score (nSPS) is 28.4. The summed E-state index contributed by atoms with van der Waals surface area (Å²) < 4.78 is 0. The quantitative estimate of drug-likeness (QED) is 0.242. The van der Waals surface area contributed by atoms with E-state index < -0.39 is 34.7 Å². The highest BCUT2D eigenvalue weighted by atomic mass is 16.3. The molecule has 1 aromatic carbocycles. The zero-order valence-corrected chi connectivity index (χ0v) is 29.7. The van der Waals surface area contributed by atoms with Crippen LogP contribution >= 0.6 is 0 Å². The maximum Gasteiger partial charge on any atom is 0.250 e. The molecule has 260 valence electrons. The number of likely N-dealkylation sites (N-methyl/N-ethyl adjacent to an activating group) is 1. The predicted molar refractivity (Wildman–Crippen MR) is 184 cm³/mol. The summed E-state index contributed by atoms with van der Waals surface area (Å²) in [6.07, 6.45) is 4.37.